The Hall–Kier alpha value is -3.34. The van der Waals surface area contributed by atoms with Gasteiger partial charge in [0, 0.05) is 13.1 Å². The van der Waals surface area contributed by atoms with Gasteiger partial charge in [0.05, 0.1) is 27.2 Å². The first-order chi connectivity index (χ1) is 19.5. The molecule has 0 fully saturated rings. The van der Waals surface area contributed by atoms with Crippen molar-refractivity contribution in [2.75, 3.05) is 24.0 Å². The topological polar surface area (TPSA) is 96.0 Å². The predicted octanol–water partition coefficient (Wildman–Crippen LogP) is 5.67. The minimum atomic E-state index is -4.33. The molecule has 41 heavy (non-hydrogen) atoms. The summed E-state index contributed by atoms with van der Waals surface area (Å²) < 4.78 is 47.7. The van der Waals surface area contributed by atoms with Gasteiger partial charge in [-0.3, -0.25) is 13.9 Å². The molecule has 3 aromatic carbocycles. The molecule has 3 rings (SSSR count). The van der Waals surface area contributed by atoms with Gasteiger partial charge in [0.15, 0.2) is 0 Å². The van der Waals surface area contributed by atoms with E-state index in [2.05, 4.69) is 5.32 Å². The molecule has 2 amide bonds. The number of carbonyl (C=O) groups is 2. The first-order valence-corrected chi connectivity index (χ1v) is 15.2. The van der Waals surface area contributed by atoms with Gasteiger partial charge in [-0.2, -0.15) is 0 Å². The van der Waals surface area contributed by atoms with Gasteiger partial charge in [-0.1, -0.05) is 36.2 Å². The van der Waals surface area contributed by atoms with Crippen molar-refractivity contribution in [1.82, 2.24) is 10.2 Å². The summed E-state index contributed by atoms with van der Waals surface area (Å²) in [6.07, 6.45) is 0.270. The molecular formula is C29H32Cl2FN3O5S. The van der Waals surface area contributed by atoms with Crippen molar-refractivity contribution in [3.63, 3.8) is 0 Å². The zero-order valence-corrected chi connectivity index (χ0v) is 25.3. The van der Waals surface area contributed by atoms with Crippen LogP contribution in [0.25, 0.3) is 0 Å². The molecule has 0 radical (unpaired) electrons. The number of rotatable bonds is 13. The van der Waals surface area contributed by atoms with E-state index >= 15 is 0 Å². The molecule has 0 aliphatic rings. The predicted molar refractivity (Wildman–Crippen MR) is 158 cm³/mol. The Morgan fingerprint density at radius 2 is 1.61 bits per heavy atom. The molecule has 0 saturated carbocycles. The van der Waals surface area contributed by atoms with E-state index in [4.69, 9.17) is 27.9 Å². The summed E-state index contributed by atoms with van der Waals surface area (Å²) in [6, 6.07) is 14.5. The molecule has 0 bridgehead atoms. The van der Waals surface area contributed by atoms with Gasteiger partial charge in [0.2, 0.25) is 11.8 Å². The maximum Gasteiger partial charge on any atom is 0.264 e. The summed E-state index contributed by atoms with van der Waals surface area (Å²) in [5.74, 6) is -1.09. The number of carbonyl (C=O) groups excluding carboxylic acids is 2. The Morgan fingerprint density at radius 1 is 0.951 bits per heavy atom. The molecule has 12 heteroatoms. The SMILES string of the molecule is CCNC(=O)[C@@H](CC)N(Cc1ccc(Cl)c(Cl)c1)C(=O)CN(c1ccc(OCC)cc1)S(=O)(=O)c1ccc(F)cc1. The minimum Gasteiger partial charge on any atom is -0.494 e. The lowest BCUT2D eigenvalue weighted by Gasteiger charge is -2.33. The number of hydrogen-bond acceptors (Lipinski definition) is 5. The lowest BCUT2D eigenvalue weighted by Crippen LogP contribution is -2.52. The van der Waals surface area contributed by atoms with Crippen LogP contribution in [0.2, 0.25) is 10.0 Å². The third-order valence-electron chi connectivity index (χ3n) is 6.19. The Labute approximate surface area is 250 Å². The number of ether oxygens (including phenoxy) is 1. The fourth-order valence-corrected chi connectivity index (χ4v) is 5.92. The van der Waals surface area contributed by atoms with Gasteiger partial charge >= 0.3 is 0 Å². The second kappa shape index (κ2) is 14.5. The normalized spacial score (nSPS) is 12.0. The first-order valence-electron chi connectivity index (χ1n) is 13.0. The summed E-state index contributed by atoms with van der Waals surface area (Å²) in [5.41, 5.74) is 0.788. The summed E-state index contributed by atoms with van der Waals surface area (Å²) in [6.45, 7) is 5.44. The lowest BCUT2D eigenvalue weighted by atomic mass is 10.1. The lowest BCUT2D eigenvalue weighted by molar-refractivity contribution is -0.140. The number of sulfonamides is 1. The standard InChI is InChI=1S/C29H32Cl2FN3O5S/c1-4-27(29(37)33-5-2)34(18-20-7-16-25(30)26(31)17-20)28(36)19-35(22-10-12-23(13-11-22)40-6-3)41(38,39)24-14-8-21(32)9-15-24/h7-17,27H,4-6,18-19H2,1-3H3,(H,33,37)/t27-/m1/s1. The molecule has 220 valence electrons. The molecular weight excluding hydrogens is 592 g/mol. The number of benzene rings is 3. The van der Waals surface area contributed by atoms with Crippen molar-refractivity contribution in [3.05, 3.63) is 88.2 Å². The van der Waals surface area contributed by atoms with E-state index in [-0.39, 0.29) is 34.5 Å². The monoisotopic (exact) mass is 623 g/mol. The van der Waals surface area contributed by atoms with Gasteiger partial charge in [0.25, 0.3) is 10.0 Å². The first kappa shape index (κ1) is 32.2. The zero-order valence-electron chi connectivity index (χ0n) is 22.9. The van der Waals surface area contributed by atoms with E-state index in [0.717, 1.165) is 28.6 Å². The van der Waals surface area contributed by atoms with Crippen molar-refractivity contribution in [2.24, 2.45) is 0 Å². The number of hydrogen-bond donors (Lipinski definition) is 1. The van der Waals surface area contributed by atoms with E-state index < -0.39 is 34.3 Å². The van der Waals surface area contributed by atoms with Crippen LogP contribution in [0.1, 0.15) is 32.8 Å². The van der Waals surface area contributed by atoms with E-state index in [1.165, 1.54) is 17.0 Å². The van der Waals surface area contributed by atoms with Crippen LogP contribution in [-0.2, 0) is 26.2 Å². The molecule has 1 atom stereocenters. The molecule has 3 aromatic rings. The molecule has 0 heterocycles. The minimum absolute atomic E-state index is 0.0287. The Bertz CT molecular complexity index is 1450. The molecule has 0 saturated heterocycles. The Balaban J connectivity index is 2.07. The van der Waals surface area contributed by atoms with Crippen molar-refractivity contribution in [2.45, 2.75) is 44.7 Å². The van der Waals surface area contributed by atoms with Gasteiger partial charge in [-0.15, -0.1) is 0 Å². The highest BCUT2D eigenvalue weighted by atomic mass is 35.5. The van der Waals surface area contributed by atoms with Crippen LogP contribution in [0.4, 0.5) is 10.1 Å². The number of amides is 2. The van der Waals surface area contributed by atoms with Crippen molar-refractivity contribution in [3.8, 4) is 5.75 Å². The van der Waals surface area contributed by atoms with Gasteiger partial charge < -0.3 is 15.0 Å². The maximum atomic E-state index is 14.0. The summed E-state index contributed by atoms with van der Waals surface area (Å²) in [5, 5.41) is 3.35. The van der Waals surface area contributed by atoms with Crippen LogP contribution in [0.5, 0.6) is 5.75 Å². The van der Waals surface area contributed by atoms with E-state index in [1.54, 1.807) is 44.2 Å². The zero-order chi connectivity index (χ0) is 30.2. The van der Waals surface area contributed by atoms with E-state index in [0.29, 0.717) is 29.5 Å². The highest BCUT2D eigenvalue weighted by Crippen LogP contribution is 2.28. The van der Waals surface area contributed by atoms with E-state index in [9.17, 15) is 22.4 Å². The second-order valence-corrected chi connectivity index (χ2v) is 11.7. The number of anilines is 1. The summed E-state index contributed by atoms with van der Waals surface area (Å²) in [4.78, 5) is 28.1. The smallest absolute Gasteiger partial charge is 0.264 e. The highest BCUT2D eigenvalue weighted by Gasteiger charge is 2.33. The second-order valence-electron chi connectivity index (χ2n) is 8.98. The highest BCUT2D eigenvalue weighted by molar-refractivity contribution is 7.92. The summed E-state index contributed by atoms with van der Waals surface area (Å²) in [7, 11) is -4.33. The van der Waals surface area contributed by atoms with Gasteiger partial charge in [-0.05, 0) is 86.5 Å². The maximum absolute atomic E-state index is 14.0. The number of likely N-dealkylation sites (N-methyl/N-ethyl adjacent to an activating group) is 1. The van der Waals surface area contributed by atoms with Crippen molar-refractivity contribution in [1.29, 1.82) is 0 Å². The fraction of sp³-hybridized carbons (Fsp3) is 0.310. The molecule has 0 unspecified atom stereocenters. The number of halogens is 3. The number of nitrogens with zero attached hydrogens (tertiary/aromatic N) is 2. The van der Waals surface area contributed by atoms with Crippen LogP contribution in [0.3, 0.4) is 0 Å². The third-order valence-corrected chi connectivity index (χ3v) is 8.72. The van der Waals surface area contributed by atoms with Gasteiger partial charge in [-0.25, -0.2) is 12.8 Å². The largest absolute Gasteiger partial charge is 0.494 e. The van der Waals surface area contributed by atoms with E-state index in [1.807, 2.05) is 6.92 Å². The molecule has 0 aliphatic heterocycles. The van der Waals surface area contributed by atoms with Crippen LogP contribution >= 0.6 is 23.2 Å². The molecule has 1 N–H and O–H groups in total. The molecule has 0 spiro atoms. The molecule has 0 aromatic heterocycles. The van der Waals surface area contributed by atoms with Crippen LogP contribution in [0, 0.1) is 5.82 Å². The summed E-state index contributed by atoms with van der Waals surface area (Å²) >= 11 is 12.3. The number of nitrogens with one attached hydrogen (secondary N) is 1. The fourth-order valence-electron chi connectivity index (χ4n) is 4.18. The Morgan fingerprint density at radius 3 is 2.17 bits per heavy atom. The van der Waals surface area contributed by atoms with Gasteiger partial charge in [0.1, 0.15) is 24.2 Å². The average Bonchev–Trinajstić information content (AvgIpc) is 2.94. The molecule has 0 aliphatic carbocycles. The third kappa shape index (κ3) is 8.12. The molecule has 8 nitrogen and oxygen atoms in total. The van der Waals surface area contributed by atoms with Crippen LogP contribution in [0.15, 0.2) is 71.6 Å². The van der Waals surface area contributed by atoms with Crippen LogP contribution < -0.4 is 14.4 Å². The average molecular weight is 625 g/mol. The van der Waals surface area contributed by atoms with Crippen molar-refractivity contribution >= 4 is 50.7 Å². The van der Waals surface area contributed by atoms with Crippen molar-refractivity contribution < 1.29 is 27.1 Å². The Kier molecular flexibility index (Phi) is 11.4. The van der Waals surface area contributed by atoms with Crippen LogP contribution in [-0.4, -0.2) is 50.9 Å². The quantitative estimate of drug-likeness (QED) is 0.265.